The molecule has 0 spiro atoms. The maximum atomic E-state index is 12.9. The normalized spacial score (nSPS) is 10.9. The highest BCUT2D eigenvalue weighted by molar-refractivity contribution is 7.98. The Morgan fingerprint density at radius 2 is 1.86 bits per heavy atom. The van der Waals surface area contributed by atoms with Crippen molar-refractivity contribution in [3.8, 4) is 17.1 Å². The predicted octanol–water partition coefficient (Wildman–Crippen LogP) is 4.13. The molecule has 9 heteroatoms. The monoisotopic (exact) mass is 413 g/mol. The zero-order valence-corrected chi connectivity index (χ0v) is 16.3. The van der Waals surface area contributed by atoms with Crippen molar-refractivity contribution < 1.29 is 9.13 Å². The standard InChI is InChI=1S/C19H16FN5OS2/c20-14-6-8-16(9-7-14)26-10-17-22-15(11-27-17)12-28-19-24-23-18(25(19)21)13-4-2-1-3-5-13/h1-9,11H,10,12,21H2. The van der Waals surface area contributed by atoms with Crippen LogP contribution < -0.4 is 10.6 Å². The molecule has 142 valence electrons. The van der Waals surface area contributed by atoms with Gasteiger partial charge in [-0.2, -0.15) is 0 Å². The number of ether oxygens (including phenoxy) is 1. The molecule has 2 heterocycles. The fraction of sp³-hybridized carbons (Fsp3) is 0.105. The molecule has 0 aliphatic rings. The molecule has 0 unspecified atom stereocenters. The summed E-state index contributed by atoms with van der Waals surface area (Å²) < 4.78 is 20.0. The van der Waals surface area contributed by atoms with Crippen molar-refractivity contribution in [1.82, 2.24) is 19.9 Å². The summed E-state index contributed by atoms with van der Waals surface area (Å²) in [7, 11) is 0. The maximum Gasteiger partial charge on any atom is 0.210 e. The highest BCUT2D eigenvalue weighted by Gasteiger charge is 2.13. The first-order valence-electron chi connectivity index (χ1n) is 8.39. The van der Waals surface area contributed by atoms with Crippen LogP contribution in [0.5, 0.6) is 5.75 Å². The Balaban J connectivity index is 1.35. The molecule has 0 aliphatic heterocycles. The number of rotatable bonds is 7. The molecule has 0 amide bonds. The van der Waals surface area contributed by atoms with Gasteiger partial charge in [0.05, 0.1) is 5.69 Å². The number of benzene rings is 2. The molecule has 2 N–H and O–H groups in total. The quantitative estimate of drug-likeness (QED) is 0.363. The summed E-state index contributed by atoms with van der Waals surface area (Å²) in [5, 5.41) is 11.8. The molecule has 28 heavy (non-hydrogen) atoms. The Morgan fingerprint density at radius 1 is 1.07 bits per heavy atom. The van der Waals surface area contributed by atoms with Gasteiger partial charge in [0.15, 0.2) is 5.82 Å². The summed E-state index contributed by atoms with van der Waals surface area (Å²) in [6, 6.07) is 15.6. The largest absolute Gasteiger partial charge is 0.486 e. The van der Waals surface area contributed by atoms with Gasteiger partial charge in [-0.25, -0.2) is 14.1 Å². The Hall–Kier alpha value is -2.91. The van der Waals surface area contributed by atoms with Crippen LogP contribution in [0.2, 0.25) is 0 Å². The van der Waals surface area contributed by atoms with E-state index in [0.29, 0.717) is 29.1 Å². The van der Waals surface area contributed by atoms with Crippen molar-refractivity contribution in [3.05, 3.63) is 76.5 Å². The van der Waals surface area contributed by atoms with E-state index in [4.69, 9.17) is 10.6 Å². The predicted molar refractivity (Wildman–Crippen MR) is 108 cm³/mol. The number of aromatic nitrogens is 4. The van der Waals surface area contributed by atoms with Gasteiger partial charge in [-0.15, -0.1) is 21.5 Å². The molecule has 0 bridgehead atoms. The Bertz CT molecular complexity index is 1050. The Kier molecular flexibility index (Phi) is 5.54. The molecule has 0 radical (unpaired) electrons. The summed E-state index contributed by atoms with van der Waals surface area (Å²) in [6.07, 6.45) is 0. The minimum Gasteiger partial charge on any atom is -0.486 e. The number of thiazole rings is 1. The molecular formula is C19H16FN5OS2. The first-order valence-corrected chi connectivity index (χ1v) is 10.3. The van der Waals surface area contributed by atoms with E-state index in [-0.39, 0.29) is 5.82 Å². The van der Waals surface area contributed by atoms with Crippen molar-refractivity contribution >= 4 is 23.1 Å². The molecule has 6 nitrogen and oxygen atoms in total. The van der Waals surface area contributed by atoms with E-state index < -0.39 is 0 Å². The molecule has 0 aliphatic carbocycles. The molecule has 2 aromatic carbocycles. The maximum absolute atomic E-state index is 12.9. The summed E-state index contributed by atoms with van der Waals surface area (Å²) in [6.45, 7) is 0.339. The van der Waals surface area contributed by atoms with E-state index in [2.05, 4.69) is 15.2 Å². The van der Waals surface area contributed by atoms with Gasteiger partial charge >= 0.3 is 0 Å². The zero-order valence-electron chi connectivity index (χ0n) is 14.7. The average molecular weight is 414 g/mol. The first-order chi connectivity index (χ1) is 13.7. The molecule has 0 atom stereocenters. The van der Waals surface area contributed by atoms with Gasteiger partial charge in [0.1, 0.15) is 23.2 Å². The van der Waals surface area contributed by atoms with Crippen molar-refractivity contribution in [2.75, 3.05) is 5.84 Å². The number of hydrogen-bond acceptors (Lipinski definition) is 7. The fourth-order valence-corrected chi connectivity index (χ4v) is 4.01. The lowest BCUT2D eigenvalue weighted by molar-refractivity contribution is 0.305. The number of nitrogens with two attached hydrogens (primary N) is 1. The molecular weight excluding hydrogens is 397 g/mol. The second-order valence-corrected chi connectivity index (χ2v) is 7.69. The minimum atomic E-state index is -0.288. The number of nitrogen functional groups attached to an aromatic ring is 1. The molecule has 4 rings (SSSR count). The molecule has 0 saturated carbocycles. The number of halogens is 1. The van der Waals surface area contributed by atoms with Crippen LogP contribution in [0.25, 0.3) is 11.4 Å². The molecule has 0 saturated heterocycles. The van der Waals surface area contributed by atoms with Crippen LogP contribution in [0.1, 0.15) is 10.7 Å². The van der Waals surface area contributed by atoms with Gasteiger partial charge in [-0.05, 0) is 24.3 Å². The SMILES string of the molecule is Nn1c(SCc2csc(COc3ccc(F)cc3)n2)nnc1-c1ccccc1. The van der Waals surface area contributed by atoms with Gasteiger partial charge in [-0.1, -0.05) is 42.1 Å². The fourth-order valence-electron chi connectivity index (χ4n) is 2.46. The Labute approximate surface area is 169 Å². The van der Waals surface area contributed by atoms with Crippen LogP contribution in [0.3, 0.4) is 0 Å². The average Bonchev–Trinajstić information content (AvgIpc) is 3.33. The van der Waals surface area contributed by atoms with Gasteiger partial charge in [-0.3, -0.25) is 0 Å². The van der Waals surface area contributed by atoms with Crippen LogP contribution in [0.4, 0.5) is 4.39 Å². The number of hydrogen-bond donors (Lipinski definition) is 1. The lowest BCUT2D eigenvalue weighted by Gasteiger charge is -2.03. The smallest absolute Gasteiger partial charge is 0.210 e. The number of thioether (sulfide) groups is 1. The van der Waals surface area contributed by atoms with Crippen molar-refractivity contribution in [2.45, 2.75) is 17.5 Å². The number of nitrogens with zero attached hydrogens (tertiary/aromatic N) is 4. The van der Waals surface area contributed by atoms with Crippen LogP contribution in [0.15, 0.2) is 65.1 Å². The van der Waals surface area contributed by atoms with E-state index >= 15 is 0 Å². The van der Waals surface area contributed by atoms with Crippen LogP contribution in [-0.4, -0.2) is 19.9 Å². The van der Waals surface area contributed by atoms with E-state index in [9.17, 15) is 4.39 Å². The third-order valence-corrected chi connectivity index (χ3v) is 5.67. The van der Waals surface area contributed by atoms with Crippen molar-refractivity contribution in [3.63, 3.8) is 0 Å². The summed E-state index contributed by atoms with van der Waals surface area (Å²) in [5.41, 5.74) is 1.83. The van der Waals surface area contributed by atoms with E-state index in [1.54, 1.807) is 12.1 Å². The van der Waals surface area contributed by atoms with E-state index in [1.165, 1.54) is 39.9 Å². The highest BCUT2D eigenvalue weighted by Crippen LogP contribution is 2.25. The molecule has 4 aromatic rings. The third kappa shape index (κ3) is 4.32. The van der Waals surface area contributed by atoms with Crippen molar-refractivity contribution in [2.24, 2.45) is 0 Å². The van der Waals surface area contributed by atoms with E-state index in [1.807, 2.05) is 35.7 Å². The summed E-state index contributed by atoms with van der Waals surface area (Å²) in [5.74, 6) is 7.70. The van der Waals surface area contributed by atoms with Gasteiger partial charge in [0.25, 0.3) is 0 Å². The molecule has 2 aromatic heterocycles. The lowest BCUT2D eigenvalue weighted by atomic mass is 10.2. The summed E-state index contributed by atoms with van der Waals surface area (Å²) >= 11 is 2.99. The highest BCUT2D eigenvalue weighted by atomic mass is 32.2. The Morgan fingerprint density at radius 3 is 2.64 bits per heavy atom. The molecule has 0 fully saturated rings. The zero-order chi connectivity index (χ0) is 19.3. The van der Waals surface area contributed by atoms with Gasteiger partial charge in [0.2, 0.25) is 5.16 Å². The van der Waals surface area contributed by atoms with Gasteiger partial charge < -0.3 is 10.6 Å². The lowest BCUT2D eigenvalue weighted by Crippen LogP contribution is -2.11. The minimum absolute atomic E-state index is 0.288. The van der Waals surface area contributed by atoms with E-state index in [0.717, 1.165) is 16.3 Å². The van der Waals surface area contributed by atoms with Crippen LogP contribution in [0, 0.1) is 5.82 Å². The second-order valence-electron chi connectivity index (χ2n) is 5.81. The van der Waals surface area contributed by atoms with Crippen molar-refractivity contribution in [1.29, 1.82) is 0 Å². The first kappa shape index (κ1) is 18.5. The van der Waals surface area contributed by atoms with Gasteiger partial charge in [0, 0.05) is 16.7 Å². The summed E-state index contributed by atoms with van der Waals surface area (Å²) in [4.78, 5) is 4.55. The third-order valence-electron chi connectivity index (χ3n) is 3.82. The topological polar surface area (TPSA) is 78.9 Å². The van der Waals surface area contributed by atoms with Crippen LogP contribution in [-0.2, 0) is 12.4 Å². The second kappa shape index (κ2) is 8.41. The van der Waals surface area contributed by atoms with Crippen LogP contribution >= 0.6 is 23.1 Å².